The van der Waals surface area contributed by atoms with Gasteiger partial charge >= 0.3 is 0 Å². The van der Waals surface area contributed by atoms with E-state index in [2.05, 4.69) is 21.2 Å². The van der Waals surface area contributed by atoms with Crippen molar-refractivity contribution in [1.29, 1.82) is 0 Å². The van der Waals surface area contributed by atoms with Crippen LogP contribution >= 0.6 is 15.9 Å². The van der Waals surface area contributed by atoms with Gasteiger partial charge in [-0.15, -0.1) is 0 Å². The summed E-state index contributed by atoms with van der Waals surface area (Å²) in [6.07, 6.45) is 3.05. The molecule has 0 spiro atoms. The Bertz CT molecular complexity index is 193. The minimum absolute atomic E-state index is 0.127. The van der Waals surface area contributed by atoms with Crippen LogP contribution in [-0.2, 0) is 0 Å². The van der Waals surface area contributed by atoms with Crippen molar-refractivity contribution in [1.82, 2.24) is 5.32 Å². The van der Waals surface area contributed by atoms with Crippen LogP contribution in [0.3, 0.4) is 0 Å². The first kappa shape index (κ1) is 8.52. The monoisotopic (exact) mass is 220 g/mol. The zero-order chi connectivity index (χ0) is 8.27. The third-order valence-electron chi connectivity index (χ3n) is 1.55. The van der Waals surface area contributed by atoms with E-state index < -0.39 is 4.92 Å². The maximum Gasteiger partial charge on any atom is 0.254 e. The fourth-order valence-electron chi connectivity index (χ4n) is 1.02. The predicted octanol–water partition coefficient (Wildman–Crippen LogP) is 1.25. The number of rotatable bonds is 1. The second-order valence-corrected chi connectivity index (χ2v) is 3.51. The molecule has 0 aromatic rings. The van der Waals surface area contributed by atoms with Gasteiger partial charge in [-0.05, 0) is 12.8 Å². The third-order valence-corrected chi connectivity index (χ3v) is 2.50. The third kappa shape index (κ3) is 2.49. The van der Waals surface area contributed by atoms with Gasteiger partial charge in [0.25, 0.3) is 6.20 Å². The lowest BCUT2D eigenvalue weighted by Gasteiger charge is -2.19. The molecule has 1 atom stereocenters. The molecule has 0 aliphatic carbocycles. The average molecular weight is 221 g/mol. The first-order valence-electron chi connectivity index (χ1n) is 3.43. The Kier molecular flexibility index (Phi) is 2.87. The topological polar surface area (TPSA) is 55.2 Å². The molecule has 1 saturated heterocycles. The van der Waals surface area contributed by atoms with E-state index in [1.54, 1.807) is 0 Å². The summed E-state index contributed by atoms with van der Waals surface area (Å²) in [7, 11) is 0. The molecule has 1 aliphatic heterocycles. The summed E-state index contributed by atoms with van der Waals surface area (Å²) in [6, 6.07) is 0. The lowest BCUT2D eigenvalue weighted by atomic mass is 10.1. The zero-order valence-corrected chi connectivity index (χ0v) is 7.50. The van der Waals surface area contributed by atoms with Gasteiger partial charge in [-0.1, -0.05) is 15.9 Å². The van der Waals surface area contributed by atoms with Crippen molar-refractivity contribution < 1.29 is 4.92 Å². The highest BCUT2D eigenvalue weighted by Crippen LogP contribution is 2.19. The highest BCUT2D eigenvalue weighted by molar-refractivity contribution is 9.09. The molecule has 1 rings (SSSR count). The number of piperidine rings is 1. The van der Waals surface area contributed by atoms with Gasteiger partial charge in [0, 0.05) is 6.54 Å². The average Bonchev–Trinajstić information content (AvgIpc) is 1.93. The van der Waals surface area contributed by atoms with E-state index in [4.69, 9.17) is 0 Å². The molecule has 62 valence electrons. The number of hydrogen-bond acceptors (Lipinski definition) is 3. The summed E-state index contributed by atoms with van der Waals surface area (Å²) < 4.78 is 0. The minimum Gasteiger partial charge on any atom is -0.382 e. The van der Waals surface area contributed by atoms with Crippen LogP contribution in [0.25, 0.3) is 0 Å². The van der Waals surface area contributed by atoms with Crippen molar-refractivity contribution in [3.8, 4) is 0 Å². The number of nitrogens with zero attached hydrogens (tertiary/aromatic N) is 1. The molecule has 0 aromatic heterocycles. The molecule has 1 N–H and O–H groups in total. The lowest BCUT2D eigenvalue weighted by molar-refractivity contribution is -0.403. The molecule has 11 heavy (non-hydrogen) atoms. The lowest BCUT2D eigenvalue weighted by Crippen LogP contribution is -2.28. The van der Waals surface area contributed by atoms with E-state index in [9.17, 15) is 10.1 Å². The maximum atomic E-state index is 10.1. The van der Waals surface area contributed by atoms with E-state index in [0.29, 0.717) is 5.70 Å². The molecule has 0 amide bonds. The first-order chi connectivity index (χ1) is 5.20. The van der Waals surface area contributed by atoms with Gasteiger partial charge in [0.05, 0.1) is 15.4 Å². The molecule has 1 unspecified atom stereocenters. The fraction of sp³-hybridized carbons (Fsp3) is 0.667. The second-order valence-electron chi connectivity index (χ2n) is 2.41. The van der Waals surface area contributed by atoms with Gasteiger partial charge in [0.2, 0.25) is 0 Å². The van der Waals surface area contributed by atoms with Crippen LogP contribution in [0.1, 0.15) is 12.8 Å². The molecule has 1 aliphatic rings. The van der Waals surface area contributed by atoms with Crippen LogP contribution in [0.2, 0.25) is 0 Å². The Morgan fingerprint density at radius 1 is 1.82 bits per heavy atom. The van der Waals surface area contributed by atoms with E-state index in [-0.39, 0.29) is 4.83 Å². The van der Waals surface area contributed by atoms with Crippen LogP contribution in [-0.4, -0.2) is 16.3 Å². The first-order valence-corrected chi connectivity index (χ1v) is 4.35. The Morgan fingerprint density at radius 3 is 3.09 bits per heavy atom. The number of halogens is 1. The summed E-state index contributed by atoms with van der Waals surface area (Å²) in [6.45, 7) is 0.835. The SMILES string of the molecule is O=[N+]([O-])C=C1NCCCC1Br. The van der Waals surface area contributed by atoms with E-state index in [1.807, 2.05) is 0 Å². The highest BCUT2D eigenvalue weighted by atomic mass is 79.9. The second kappa shape index (κ2) is 3.71. The van der Waals surface area contributed by atoms with Gasteiger partial charge in [0.15, 0.2) is 0 Å². The number of nitrogens with one attached hydrogen (secondary N) is 1. The van der Waals surface area contributed by atoms with Crippen molar-refractivity contribution in [3.05, 3.63) is 22.0 Å². The summed E-state index contributed by atoms with van der Waals surface area (Å²) in [5.74, 6) is 0. The van der Waals surface area contributed by atoms with Crippen molar-refractivity contribution in [3.63, 3.8) is 0 Å². The Morgan fingerprint density at radius 2 is 2.55 bits per heavy atom. The maximum absolute atomic E-state index is 10.1. The van der Waals surface area contributed by atoms with Crippen molar-refractivity contribution in [2.45, 2.75) is 17.7 Å². The molecule has 1 fully saturated rings. The smallest absolute Gasteiger partial charge is 0.254 e. The largest absolute Gasteiger partial charge is 0.382 e. The molecule has 4 nitrogen and oxygen atoms in total. The Balaban J connectivity index is 2.60. The van der Waals surface area contributed by atoms with Gasteiger partial charge in [-0.25, -0.2) is 0 Å². The van der Waals surface area contributed by atoms with E-state index in [0.717, 1.165) is 25.6 Å². The van der Waals surface area contributed by atoms with Gasteiger partial charge in [-0.3, -0.25) is 10.1 Å². The number of nitro groups is 1. The van der Waals surface area contributed by atoms with Gasteiger partial charge < -0.3 is 5.32 Å². The summed E-state index contributed by atoms with van der Waals surface area (Å²) in [4.78, 5) is 9.78. The van der Waals surface area contributed by atoms with Crippen molar-refractivity contribution in [2.24, 2.45) is 0 Å². The molecule has 1 heterocycles. The van der Waals surface area contributed by atoms with Crippen LogP contribution in [0, 0.1) is 10.1 Å². The van der Waals surface area contributed by atoms with Crippen LogP contribution in [0.15, 0.2) is 11.9 Å². The molecule has 0 radical (unpaired) electrons. The standard InChI is InChI=1S/C6H9BrN2O2/c7-5-2-1-3-8-6(5)4-9(10)11/h4-5,8H,1-3H2. The number of allylic oxidation sites excluding steroid dienone is 1. The number of alkyl halides is 1. The fourth-order valence-corrected chi connectivity index (χ4v) is 1.62. The molecule has 5 heteroatoms. The van der Waals surface area contributed by atoms with Crippen molar-refractivity contribution >= 4 is 15.9 Å². The highest BCUT2D eigenvalue weighted by Gasteiger charge is 2.17. The van der Waals surface area contributed by atoms with E-state index >= 15 is 0 Å². The summed E-state index contributed by atoms with van der Waals surface area (Å²) >= 11 is 3.35. The minimum atomic E-state index is -0.429. The normalized spacial score (nSPS) is 28.1. The molecular formula is C6H9BrN2O2. The molecule has 0 bridgehead atoms. The Labute approximate surface area is 72.9 Å². The summed E-state index contributed by atoms with van der Waals surface area (Å²) in [5, 5.41) is 13.1. The Hall–Kier alpha value is -0.580. The van der Waals surface area contributed by atoms with Gasteiger partial charge in [0.1, 0.15) is 0 Å². The molecule has 0 saturated carbocycles. The quantitative estimate of drug-likeness (QED) is 0.412. The van der Waals surface area contributed by atoms with Crippen LogP contribution < -0.4 is 5.32 Å². The van der Waals surface area contributed by atoms with Crippen LogP contribution in [0.5, 0.6) is 0 Å². The summed E-state index contributed by atoms with van der Waals surface area (Å²) in [5.41, 5.74) is 0.682. The van der Waals surface area contributed by atoms with Crippen LogP contribution in [0.4, 0.5) is 0 Å². The zero-order valence-electron chi connectivity index (χ0n) is 5.92. The predicted molar refractivity (Wildman–Crippen MR) is 45.0 cm³/mol. The van der Waals surface area contributed by atoms with Gasteiger partial charge in [-0.2, -0.15) is 0 Å². The molecular weight excluding hydrogens is 212 g/mol. The van der Waals surface area contributed by atoms with E-state index in [1.165, 1.54) is 0 Å². The molecule has 0 aromatic carbocycles. The number of hydrogen-bond donors (Lipinski definition) is 1. The van der Waals surface area contributed by atoms with Crippen molar-refractivity contribution in [2.75, 3.05) is 6.54 Å².